The molecule has 2 nitrogen and oxygen atoms in total. The van der Waals surface area contributed by atoms with Gasteiger partial charge in [0.15, 0.2) is 0 Å². The van der Waals surface area contributed by atoms with Crippen molar-refractivity contribution in [2.75, 3.05) is 5.32 Å². The minimum absolute atomic E-state index is 0.00729. The summed E-state index contributed by atoms with van der Waals surface area (Å²) in [6.45, 7) is 0. The molecule has 0 fully saturated rings. The molecule has 1 amide bonds. The molecule has 1 aliphatic rings. The van der Waals surface area contributed by atoms with Gasteiger partial charge in [-0.25, -0.2) is 0 Å². The lowest BCUT2D eigenvalue weighted by Gasteiger charge is -1.98. The van der Waals surface area contributed by atoms with E-state index in [1.54, 1.807) is 0 Å². The molecule has 0 bridgehead atoms. The number of carbonyl (C=O) groups excluding carboxylic acids is 1. The molecule has 2 aromatic rings. The number of anilines is 1. The molecule has 3 rings (SSSR count). The molecule has 0 aliphatic carbocycles. The van der Waals surface area contributed by atoms with Gasteiger partial charge in [-0.3, -0.25) is 4.79 Å². The van der Waals surface area contributed by atoms with E-state index < -0.39 is 0 Å². The summed E-state index contributed by atoms with van der Waals surface area (Å²) < 4.78 is 0. The fraction of sp³-hybridized carbons (Fsp3) is 0.0625. The zero-order valence-corrected chi connectivity index (χ0v) is 9.89. The smallest absolute Gasteiger partial charge is 0.256 e. The highest BCUT2D eigenvalue weighted by Gasteiger charge is 2.22. The average molecular weight is 235 g/mol. The van der Waals surface area contributed by atoms with Gasteiger partial charge in [-0.2, -0.15) is 0 Å². The first-order valence-electron chi connectivity index (χ1n) is 5.99. The van der Waals surface area contributed by atoms with Gasteiger partial charge >= 0.3 is 0 Å². The molecule has 2 heteroatoms. The van der Waals surface area contributed by atoms with Crippen LogP contribution in [0.1, 0.15) is 11.1 Å². The van der Waals surface area contributed by atoms with E-state index in [4.69, 9.17) is 0 Å². The van der Waals surface area contributed by atoms with Gasteiger partial charge in [-0.15, -0.1) is 0 Å². The van der Waals surface area contributed by atoms with Gasteiger partial charge in [0.2, 0.25) is 0 Å². The van der Waals surface area contributed by atoms with Crippen LogP contribution >= 0.6 is 0 Å². The molecular weight excluding hydrogens is 222 g/mol. The predicted molar refractivity (Wildman–Crippen MR) is 73.2 cm³/mol. The Morgan fingerprint density at radius 3 is 2.50 bits per heavy atom. The van der Waals surface area contributed by atoms with Crippen molar-refractivity contribution in [3.63, 3.8) is 0 Å². The molecule has 0 atom stereocenters. The van der Waals surface area contributed by atoms with Gasteiger partial charge in [0, 0.05) is 16.8 Å². The first-order chi connectivity index (χ1) is 8.84. The van der Waals surface area contributed by atoms with E-state index in [2.05, 4.69) is 17.4 Å². The maximum absolute atomic E-state index is 11.9. The summed E-state index contributed by atoms with van der Waals surface area (Å²) in [5, 5.41) is 2.88. The van der Waals surface area contributed by atoms with Crippen molar-refractivity contribution < 1.29 is 4.79 Å². The highest BCUT2D eigenvalue weighted by molar-refractivity contribution is 6.31. The van der Waals surface area contributed by atoms with Crippen molar-refractivity contribution in [1.82, 2.24) is 0 Å². The van der Waals surface area contributed by atoms with Crippen LogP contribution in [-0.2, 0) is 11.2 Å². The number of benzene rings is 2. The normalized spacial score (nSPS) is 15.6. The minimum Gasteiger partial charge on any atom is -0.321 e. The second-order valence-electron chi connectivity index (χ2n) is 4.31. The Morgan fingerprint density at radius 2 is 1.67 bits per heavy atom. The molecule has 1 heterocycles. The maximum Gasteiger partial charge on any atom is 0.256 e. The van der Waals surface area contributed by atoms with Crippen molar-refractivity contribution in [1.29, 1.82) is 0 Å². The quantitative estimate of drug-likeness (QED) is 0.795. The molecule has 0 saturated carbocycles. The largest absolute Gasteiger partial charge is 0.321 e. The lowest BCUT2D eigenvalue weighted by Crippen LogP contribution is -2.03. The number of rotatable bonds is 2. The Bertz CT molecular complexity index is 614. The number of para-hydroxylation sites is 1. The predicted octanol–water partition coefficient (Wildman–Crippen LogP) is 3.26. The lowest BCUT2D eigenvalue weighted by molar-refractivity contribution is -0.110. The van der Waals surface area contributed by atoms with Crippen LogP contribution in [0, 0.1) is 0 Å². The summed E-state index contributed by atoms with van der Waals surface area (Å²) in [5.74, 6) is -0.00729. The van der Waals surface area contributed by atoms with E-state index >= 15 is 0 Å². The van der Waals surface area contributed by atoms with Gasteiger partial charge in [0.1, 0.15) is 0 Å². The van der Waals surface area contributed by atoms with E-state index in [0.29, 0.717) is 0 Å². The summed E-state index contributed by atoms with van der Waals surface area (Å²) >= 11 is 0. The van der Waals surface area contributed by atoms with Crippen LogP contribution in [0.15, 0.2) is 60.7 Å². The summed E-state index contributed by atoms with van der Waals surface area (Å²) in [4.78, 5) is 11.9. The number of amides is 1. The summed E-state index contributed by atoms with van der Waals surface area (Å²) in [5.41, 5.74) is 3.89. The Balaban J connectivity index is 1.91. The Hall–Kier alpha value is -2.35. The fourth-order valence-corrected chi connectivity index (χ4v) is 2.18. The zero-order chi connectivity index (χ0) is 12.4. The third-order valence-corrected chi connectivity index (χ3v) is 3.09. The second kappa shape index (κ2) is 4.49. The SMILES string of the molecule is O=C1Nc2ccccc2/C1=C\Cc1ccccc1. The van der Waals surface area contributed by atoms with Gasteiger partial charge in [-0.1, -0.05) is 54.6 Å². The van der Waals surface area contributed by atoms with Crippen molar-refractivity contribution in [3.05, 3.63) is 71.8 Å². The van der Waals surface area contributed by atoms with Crippen molar-refractivity contribution >= 4 is 17.2 Å². The Morgan fingerprint density at radius 1 is 0.944 bits per heavy atom. The topological polar surface area (TPSA) is 29.1 Å². The monoisotopic (exact) mass is 235 g/mol. The molecule has 0 saturated heterocycles. The maximum atomic E-state index is 11.9. The second-order valence-corrected chi connectivity index (χ2v) is 4.31. The standard InChI is InChI=1S/C16H13NO/c18-16-14(11-10-12-6-2-1-3-7-12)13-8-4-5-9-15(13)17-16/h1-9,11H,10H2,(H,17,18)/b14-11+. The Kier molecular flexibility index (Phi) is 2.69. The van der Waals surface area contributed by atoms with E-state index in [9.17, 15) is 4.79 Å². The number of allylic oxidation sites excluding steroid dienone is 1. The highest BCUT2D eigenvalue weighted by atomic mass is 16.1. The summed E-state index contributed by atoms with van der Waals surface area (Å²) in [7, 11) is 0. The van der Waals surface area contributed by atoms with Crippen LogP contribution in [0.4, 0.5) is 5.69 Å². The van der Waals surface area contributed by atoms with Crippen molar-refractivity contribution in [3.8, 4) is 0 Å². The summed E-state index contributed by atoms with van der Waals surface area (Å²) in [6.07, 6.45) is 2.77. The highest BCUT2D eigenvalue weighted by Crippen LogP contribution is 2.31. The molecule has 18 heavy (non-hydrogen) atoms. The van der Waals surface area contributed by atoms with Gasteiger partial charge in [-0.05, 0) is 18.1 Å². The fourth-order valence-electron chi connectivity index (χ4n) is 2.18. The molecule has 1 N–H and O–H groups in total. The first kappa shape index (κ1) is 10.8. The lowest BCUT2D eigenvalue weighted by atomic mass is 10.0. The van der Waals surface area contributed by atoms with Crippen molar-refractivity contribution in [2.45, 2.75) is 6.42 Å². The number of hydrogen-bond donors (Lipinski definition) is 1. The molecule has 0 aromatic heterocycles. The number of nitrogens with one attached hydrogen (secondary N) is 1. The van der Waals surface area contributed by atoms with E-state index in [-0.39, 0.29) is 5.91 Å². The van der Waals surface area contributed by atoms with Gasteiger partial charge in [0.05, 0.1) is 0 Å². The first-order valence-corrected chi connectivity index (χ1v) is 5.99. The third kappa shape index (κ3) is 1.93. The zero-order valence-electron chi connectivity index (χ0n) is 9.89. The molecular formula is C16H13NO. The molecule has 1 aliphatic heterocycles. The van der Waals surface area contributed by atoms with E-state index in [0.717, 1.165) is 23.2 Å². The molecule has 2 aromatic carbocycles. The van der Waals surface area contributed by atoms with E-state index in [1.807, 2.05) is 48.5 Å². The van der Waals surface area contributed by atoms with Gasteiger partial charge in [0.25, 0.3) is 5.91 Å². The number of carbonyl (C=O) groups is 1. The van der Waals surface area contributed by atoms with Crippen molar-refractivity contribution in [2.24, 2.45) is 0 Å². The number of hydrogen-bond acceptors (Lipinski definition) is 1. The van der Waals surface area contributed by atoms with Crippen LogP contribution in [0.5, 0.6) is 0 Å². The molecule has 0 spiro atoms. The molecule has 0 radical (unpaired) electrons. The average Bonchev–Trinajstić information content (AvgIpc) is 2.73. The van der Waals surface area contributed by atoms with Crippen LogP contribution < -0.4 is 5.32 Å². The summed E-state index contributed by atoms with van der Waals surface area (Å²) in [6, 6.07) is 17.9. The van der Waals surface area contributed by atoms with Crippen LogP contribution in [0.25, 0.3) is 5.57 Å². The Labute approximate surface area is 106 Å². The number of fused-ring (bicyclic) bond motifs is 1. The van der Waals surface area contributed by atoms with Gasteiger partial charge < -0.3 is 5.32 Å². The molecule has 0 unspecified atom stereocenters. The van der Waals surface area contributed by atoms with Crippen LogP contribution in [-0.4, -0.2) is 5.91 Å². The van der Waals surface area contributed by atoms with E-state index in [1.165, 1.54) is 5.56 Å². The third-order valence-electron chi connectivity index (χ3n) is 3.09. The van der Waals surface area contributed by atoms with Crippen LogP contribution in [0.2, 0.25) is 0 Å². The van der Waals surface area contributed by atoms with Crippen LogP contribution in [0.3, 0.4) is 0 Å². The molecule has 88 valence electrons. The minimum atomic E-state index is -0.00729.